The Balaban J connectivity index is 1.65. The fraction of sp³-hybridized carbons (Fsp3) is 0.286. The van der Waals surface area contributed by atoms with Crippen LogP contribution in [0, 0.1) is 0 Å². The zero-order valence-corrected chi connectivity index (χ0v) is 15.5. The van der Waals surface area contributed by atoms with Gasteiger partial charge in [0.05, 0.1) is 6.54 Å². The van der Waals surface area contributed by atoms with E-state index in [4.69, 9.17) is 0 Å². The number of likely N-dealkylation sites (N-methyl/N-ethyl adjacent to an activating group) is 1. The van der Waals surface area contributed by atoms with Crippen LogP contribution in [0.1, 0.15) is 34.8 Å². The first kappa shape index (κ1) is 18.6. The Morgan fingerprint density at radius 1 is 1.15 bits per heavy atom. The van der Waals surface area contributed by atoms with Crippen LogP contribution in [0.15, 0.2) is 42.5 Å². The summed E-state index contributed by atoms with van der Waals surface area (Å²) in [7, 11) is 1.61. The highest BCUT2D eigenvalue weighted by molar-refractivity contribution is 6.00. The van der Waals surface area contributed by atoms with Crippen molar-refractivity contribution in [3.63, 3.8) is 0 Å². The molecule has 1 heterocycles. The van der Waals surface area contributed by atoms with E-state index in [0.29, 0.717) is 18.4 Å². The lowest BCUT2D eigenvalue weighted by Crippen LogP contribution is -2.35. The molecule has 0 aromatic heterocycles. The molecule has 6 heteroatoms. The minimum Gasteiger partial charge on any atom is -0.332 e. The topological polar surface area (TPSA) is 78.5 Å². The molecule has 6 nitrogen and oxygen atoms in total. The van der Waals surface area contributed by atoms with Gasteiger partial charge in [-0.3, -0.25) is 14.4 Å². The number of nitrogens with one attached hydrogen (secondary N) is 2. The van der Waals surface area contributed by atoms with Crippen molar-refractivity contribution in [2.45, 2.75) is 26.2 Å². The van der Waals surface area contributed by atoms with Crippen molar-refractivity contribution in [2.24, 2.45) is 0 Å². The number of anilines is 2. The Bertz CT molecular complexity index is 892. The molecule has 1 aliphatic rings. The smallest absolute Gasteiger partial charge is 0.254 e. The zero-order valence-electron chi connectivity index (χ0n) is 15.5. The molecule has 27 heavy (non-hydrogen) atoms. The van der Waals surface area contributed by atoms with Crippen LogP contribution >= 0.6 is 0 Å². The third kappa shape index (κ3) is 4.34. The molecule has 0 unspecified atom stereocenters. The highest BCUT2D eigenvalue weighted by Gasteiger charge is 2.19. The highest BCUT2D eigenvalue weighted by atomic mass is 16.2. The molecule has 140 valence electrons. The summed E-state index contributed by atoms with van der Waals surface area (Å²) in [6, 6.07) is 12.8. The summed E-state index contributed by atoms with van der Waals surface area (Å²) in [5.41, 5.74) is 4.02. The van der Waals surface area contributed by atoms with E-state index in [-0.39, 0.29) is 24.3 Å². The van der Waals surface area contributed by atoms with E-state index in [0.717, 1.165) is 28.9 Å². The first-order chi connectivity index (χ1) is 13.0. The summed E-state index contributed by atoms with van der Waals surface area (Å²) in [5.74, 6) is -0.478. The van der Waals surface area contributed by atoms with Crippen molar-refractivity contribution in [3.8, 4) is 0 Å². The average molecular weight is 365 g/mol. The number of carbonyl (C=O) groups is 3. The second kappa shape index (κ2) is 8.03. The maximum absolute atomic E-state index is 12.7. The zero-order chi connectivity index (χ0) is 19.4. The molecule has 0 spiro atoms. The van der Waals surface area contributed by atoms with Crippen molar-refractivity contribution >= 4 is 29.1 Å². The van der Waals surface area contributed by atoms with Crippen LogP contribution in [0.3, 0.4) is 0 Å². The van der Waals surface area contributed by atoms with Crippen LogP contribution in [-0.4, -0.2) is 36.2 Å². The van der Waals surface area contributed by atoms with E-state index in [1.165, 1.54) is 4.90 Å². The first-order valence-corrected chi connectivity index (χ1v) is 9.04. The number of fused-ring (bicyclic) bond motifs is 1. The highest BCUT2D eigenvalue weighted by Crippen LogP contribution is 2.24. The summed E-state index contributed by atoms with van der Waals surface area (Å²) in [6.07, 6.45) is 1.84. The quantitative estimate of drug-likeness (QED) is 0.855. The van der Waals surface area contributed by atoms with E-state index in [2.05, 4.69) is 10.6 Å². The number of amides is 3. The minimum absolute atomic E-state index is 0.0114. The largest absolute Gasteiger partial charge is 0.332 e. The third-order valence-corrected chi connectivity index (χ3v) is 4.65. The molecule has 3 rings (SSSR count). The monoisotopic (exact) mass is 365 g/mol. The molecule has 0 atom stereocenters. The number of aryl methyl sites for hydroxylation is 2. The van der Waals surface area contributed by atoms with E-state index < -0.39 is 0 Å². The summed E-state index contributed by atoms with van der Waals surface area (Å²) >= 11 is 0. The fourth-order valence-electron chi connectivity index (χ4n) is 3.16. The van der Waals surface area contributed by atoms with Gasteiger partial charge < -0.3 is 15.5 Å². The molecule has 2 aromatic carbocycles. The van der Waals surface area contributed by atoms with Gasteiger partial charge in [0.25, 0.3) is 5.91 Å². The fourth-order valence-corrected chi connectivity index (χ4v) is 3.16. The first-order valence-electron chi connectivity index (χ1n) is 9.04. The molecule has 1 aliphatic heterocycles. The second-order valence-electron chi connectivity index (χ2n) is 6.64. The summed E-state index contributed by atoms with van der Waals surface area (Å²) < 4.78 is 0. The summed E-state index contributed by atoms with van der Waals surface area (Å²) in [5, 5.41) is 5.67. The van der Waals surface area contributed by atoms with Crippen LogP contribution in [0.4, 0.5) is 11.4 Å². The molecule has 0 saturated carbocycles. The average Bonchev–Trinajstić information content (AvgIpc) is 2.67. The Morgan fingerprint density at radius 2 is 1.93 bits per heavy atom. The standard InChI is InChI=1S/C21H23N3O3/c1-3-14-6-4-5-7-17(14)23-20(26)13-24(2)21(27)16-8-10-18-15(12-16)9-11-19(25)22-18/h4-8,10,12H,3,9,11,13H2,1-2H3,(H,22,25)(H,23,26). The van der Waals surface area contributed by atoms with E-state index in [1.54, 1.807) is 25.2 Å². The van der Waals surface area contributed by atoms with Gasteiger partial charge in [0, 0.05) is 30.4 Å². The van der Waals surface area contributed by atoms with Gasteiger partial charge in [0.2, 0.25) is 11.8 Å². The molecule has 3 amide bonds. The lowest BCUT2D eigenvalue weighted by atomic mass is 10.00. The van der Waals surface area contributed by atoms with Crippen LogP contribution in [0.2, 0.25) is 0 Å². The van der Waals surface area contributed by atoms with Gasteiger partial charge in [0.1, 0.15) is 0 Å². The molecular weight excluding hydrogens is 342 g/mol. The van der Waals surface area contributed by atoms with Gasteiger partial charge in [-0.1, -0.05) is 25.1 Å². The van der Waals surface area contributed by atoms with Crippen LogP contribution in [0.5, 0.6) is 0 Å². The maximum atomic E-state index is 12.7. The van der Waals surface area contributed by atoms with Crippen molar-refractivity contribution in [3.05, 3.63) is 59.2 Å². The van der Waals surface area contributed by atoms with Gasteiger partial charge in [-0.15, -0.1) is 0 Å². The molecule has 0 radical (unpaired) electrons. The van der Waals surface area contributed by atoms with Gasteiger partial charge in [-0.25, -0.2) is 0 Å². The number of para-hydroxylation sites is 1. The lowest BCUT2D eigenvalue weighted by Gasteiger charge is -2.20. The lowest BCUT2D eigenvalue weighted by molar-refractivity contribution is -0.117. The number of nitrogens with zero attached hydrogens (tertiary/aromatic N) is 1. The van der Waals surface area contributed by atoms with E-state index >= 15 is 0 Å². The normalized spacial score (nSPS) is 12.7. The predicted octanol–water partition coefficient (Wildman–Crippen LogP) is 2.84. The number of benzene rings is 2. The molecule has 0 aliphatic carbocycles. The van der Waals surface area contributed by atoms with Gasteiger partial charge in [-0.05, 0) is 48.2 Å². The number of carbonyl (C=O) groups excluding carboxylic acids is 3. The number of rotatable bonds is 5. The predicted molar refractivity (Wildman–Crippen MR) is 105 cm³/mol. The summed E-state index contributed by atoms with van der Waals surface area (Å²) in [4.78, 5) is 37.8. The third-order valence-electron chi connectivity index (χ3n) is 4.65. The molecular formula is C21H23N3O3. The SMILES string of the molecule is CCc1ccccc1NC(=O)CN(C)C(=O)c1ccc2c(c1)CCC(=O)N2. The van der Waals surface area contributed by atoms with Gasteiger partial charge >= 0.3 is 0 Å². The van der Waals surface area contributed by atoms with E-state index in [1.807, 2.05) is 31.2 Å². The van der Waals surface area contributed by atoms with Gasteiger partial charge in [0.15, 0.2) is 0 Å². The summed E-state index contributed by atoms with van der Waals surface area (Å²) in [6.45, 7) is 1.99. The van der Waals surface area contributed by atoms with Gasteiger partial charge in [-0.2, -0.15) is 0 Å². The molecule has 0 bridgehead atoms. The van der Waals surface area contributed by atoms with Crippen molar-refractivity contribution in [2.75, 3.05) is 24.2 Å². The molecule has 2 N–H and O–H groups in total. The number of hydrogen-bond donors (Lipinski definition) is 2. The van der Waals surface area contributed by atoms with Crippen molar-refractivity contribution in [1.82, 2.24) is 4.90 Å². The Kier molecular flexibility index (Phi) is 5.54. The minimum atomic E-state index is -0.239. The van der Waals surface area contributed by atoms with Crippen molar-refractivity contribution in [1.29, 1.82) is 0 Å². The van der Waals surface area contributed by atoms with Crippen molar-refractivity contribution < 1.29 is 14.4 Å². The Hall–Kier alpha value is -3.15. The molecule has 2 aromatic rings. The Labute approximate surface area is 158 Å². The Morgan fingerprint density at radius 3 is 2.70 bits per heavy atom. The van der Waals surface area contributed by atoms with E-state index in [9.17, 15) is 14.4 Å². The van der Waals surface area contributed by atoms with Crippen LogP contribution in [0.25, 0.3) is 0 Å². The van der Waals surface area contributed by atoms with Crippen LogP contribution < -0.4 is 10.6 Å². The number of hydrogen-bond acceptors (Lipinski definition) is 3. The maximum Gasteiger partial charge on any atom is 0.254 e. The molecule has 0 saturated heterocycles. The second-order valence-corrected chi connectivity index (χ2v) is 6.64. The molecule has 0 fully saturated rings. The van der Waals surface area contributed by atoms with Crippen LogP contribution in [-0.2, 0) is 22.4 Å².